The van der Waals surface area contributed by atoms with Crippen molar-refractivity contribution in [2.24, 2.45) is 0 Å². The van der Waals surface area contributed by atoms with E-state index < -0.39 is 10.0 Å². The van der Waals surface area contributed by atoms with E-state index in [2.05, 4.69) is 10.0 Å². The van der Waals surface area contributed by atoms with Crippen LogP contribution in [0.5, 0.6) is 0 Å². The van der Waals surface area contributed by atoms with Crippen molar-refractivity contribution in [3.8, 4) is 0 Å². The molecule has 0 saturated carbocycles. The van der Waals surface area contributed by atoms with E-state index in [-0.39, 0.29) is 16.3 Å². The second kappa shape index (κ2) is 7.05. The fourth-order valence-corrected chi connectivity index (χ4v) is 3.10. The molecular formula is C18H22N2O3S. The molecular weight excluding hydrogens is 324 g/mol. The Hall–Kier alpha value is -2.34. The molecule has 0 aliphatic rings. The van der Waals surface area contributed by atoms with Gasteiger partial charge in [0.25, 0.3) is 15.9 Å². The van der Waals surface area contributed by atoms with Crippen LogP contribution in [0, 0.1) is 0 Å². The third kappa shape index (κ3) is 4.58. The Morgan fingerprint density at radius 1 is 1.04 bits per heavy atom. The van der Waals surface area contributed by atoms with Crippen LogP contribution in [0.4, 0.5) is 5.69 Å². The van der Waals surface area contributed by atoms with Crippen molar-refractivity contribution in [1.82, 2.24) is 5.32 Å². The van der Waals surface area contributed by atoms with E-state index >= 15 is 0 Å². The molecule has 0 bridgehead atoms. The number of amides is 1. The minimum absolute atomic E-state index is 0.0494. The number of carbonyl (C=O) groups is 1. The molecule has 128 valence electrons. The number of hydrogen-bond donors (Lipinski definition) is 2. The smallest absolute Gasteiger partial charge is 0.261 e. The molecule has 0 saturated heterocycles. The first-order chi connectivity index (χ1) is 11.2. The van der Waals surface area contributed by atoms with E-state index in [1.165, 1.54) is 12.1 Å². The lowest BCUT2D eigenvalue weighted by molar-refractivity contribution is 0.0911. The number of nitrogens with one attached hydrogen (secondary N) is 2. The fourth-order valence-electron chi connectivity index (χ4n) is 1.99. The van der Waals surface area contributed by atoms with Crippen molar-refractivity contribution in [1.29, 1.82) is 0 Å². The number of benzene rings is 2. The van der Waals surface area contributed by atoms with Gasteiger partial charge in [0, 0.05) is 16.8 Å². The second-order valence-corrected chi connectivity index (χ2v) is 7.87. The van der Waals surface area contributed by atoms with Crippen molar-refractivity contribution in [2.75, 3.05) is 4.72 Å². The summed E-state index contributed by atoms with van der Waals surface area (Å²) in [4.78, 5) is 12.4. The number of sulfonamides is 1. The summed E-state index contributed by atoms with van der Waals surface area (Å²) in [6.07, 6.45) is 0.770. The maximum Gasteiger partial charge on any atom is 0.261 e. The van der Waals surface area contributed by atoms with Crippen molar-refractivity contribution in [2.45, 2.75) is 37.6 Å². The number of carbonyl (C=O) groups excluding carboxylic acids is 1. The van der Waals surface area contributed by atoms with Crippen LogP contribution in [0.1, 0.15) is 37.6 Å². The first-order valence-electron chi connectivity index (χ1n) is 7.74. The van der Waals surface area contributed by atoms with Gasteiger partial charge in [-0.3, -0.25) is 9.52 Å². The molecule has 0 aromatic heterocycles. The minimum Gasteiger partial charge on any atom is -0.347 e. The summed E-state index contributed by atoms with van der Waals surface area (Å²) in [7, 11) is -3.75. The second-order valence-electron chi connectivity index (χ2n) is 6.19. The van der Waals surface area contributed by atoms with Gasteiger partial charge in [-0.15, -0.1) is 0 Å². The maximum absolute atomic E-state index is 12.5. The van der Waals surface area contributed by atoms with E-state index in [9.17, 15) is 13.2 Å². The lowest BCUT2D eigenvalue weighted by Gasteiger charge is -2.24. The zero-order chi connectivity index (χ0) is 17.8. The zero-order valence-corrected chi connectivity index (χ0v) is 14.9. The van der Waals surface area contributed by atoms with Gasteiger partial charge in [0.05, 0.1) is 4.90 Å². The molecule has 6 heteroatoms. The van der Waals surface area contributed by atoms with Crippen LogP contribution in [0.15, 0.2) is 59.5 Å². The van der Waals surface area contributed by atoms with Gasteiger partial charge < -0.3 is 5.32 Å². The standard InChI is InChI=1S/C18H22N2O3S/c1-4-18(2,3)19-17(21)14-9-8-12-16(13-14)24(22,23)20-15-10-6-5-7-11-15/h5-13,20H,4H2,1-3H3,(H,19,21). The molecule has 0 fully saturated rings. The van der Waals surface area contributed by atoms with Gasteiger partial charge in [-0.25, -0.2) is 8.42 Å². The minimum atomic E-state index is -3.75. The molecule has 24 heavy (non-hydrogen) atoms. The van der Waals surface area contributed by atoms with Gasteiger partial charge in [0.1, 0.15) is 0 Å². The molecule has 2 rings (SSSR count). The highest BCUT2D eigenvalue weighted by Crippen LogP contribution is 2.17. The zero-order valence-electron chi connectivity index (χ0n) is 14.0. The monoisotopic (exact) mass is 346 g/mol. The van der Waals surface area contributed by atoms with Crippen LogP contribution in [0.3, 0.4) is 0 Å². The predicted octanol–water partition coefficient (Wildman–Crippen LogP) is 3.41. The summed E-state index contributed by atoms with van der Waals surface area (Å²) in [6, 6.07) is 14.6. The van der Waals surface area contributed by atoms with Crippen molar-refractivity contribution in [3.63, 3.8) is 0 Å². The van der Waals surface area contributed by atoms with Crippen LogP contribution in [-0.4, -0.2) is 19.9 Å². The van der Waals surface area contributed by atoms with Gasteiger partial charge in [0.2, 0.25) is 0 Å². The van der Waals surface area contributed by atoms with Crippen molar-refractivity contribution in [3.05, 3.63) is 60.2 Å². The fraction of sp³-hybridized carbons (Fsp3) is 0.278. The molecule has 1 amide bonds. The van der Waals surface area contributed by atoms with Crippen LogP contribution < -0.4 is 10.0 Å². The van der Waals surface area contributed by atoms with E-state index in [0.29, 0.717) is 11.3 Å². The molecule has 0 atom stereocenters. The average molecular weight is 346 g/mol. The summed E-state index contributed by atoms with van der Waals surface area (Å²) in [5, 5.41) is 2.90. The Balaban J connectivity index is 2.25. The average Bonchev–Trinajstić information content (AvgIpc) is 2.55. The Kier molecular flexibility index (Phi) is 5.29. The van der Waals surface area contributed by atoms with Crippen LogP contribution >= 0.6 is 0 Å². The largest absolute Gasteiger partial charge is 0.347 e. The predicted molar refractivity (Wildman–Crippen MR) is 95.5 cm³/mol. The van der Waals surface area contributed by atoms with E-state index in [1.54, 1.807) is 42.5 Å². The summed E-state index contributed by atoms with van der Waals surface area (Å²) >= 11 is 0. The molecule has 2 N–H and O–H groups in total. The normalized spacial score (nSPS) is 11.8. The topological polar surface area (TPSA) is 75.3 Å². The lowest BCUT2D eigenvalue weighted by atomic mass is 10.0. The van der Waals surface area contributed by atoms with Gasteiger partial charge in [0.15, 0.2) is 0 Å². The van der Waals surface area contributed by atoms with Crippen molar-refractivity contribution < 1.29 is 13.2 Å². The number of anilines is 1. The first-order valence-corrected chi connectivity index (χ1v) is 9.22. The SMILES string of the molecule is CCC(C)(C)NC(=O)c1cccc(S(=O)(=O)Nc2ccccc2)c1. The Morgan fingerprint density at radius 2 is 1.71 bits per heavy atom. The number of para-hydroxylation sites is 1. The summed E-state index contributed by atoms with van der Waals surface area (Å²) in [5.41, 5.74) is 0.431. The van der Waals surface area contributed by atoms with Gasteiger partial charge >= 0.3 is 0 Å². The van der Waals surface area contributed by atoms with Crippen LogP contribution in [0.2, 0.25) is 0 Å². The van der Waals surface area contributed by atoms with E-state index in [1.807, 2.05) is 20.8 Å². The number of rotatable bonds is 6. The van der Waals surface area contributed by atoms with Crippen LogP contribution in [0.25, 0.3) is 0 Å². The highest BCUT2D eigenvalue weighted by molar-refractivity contribution is 7.92. The molecule has 0 radical (unpaired) electrons. The first kappa shape index (κ1) is 18.0. The maximum atomic E-state index is 12.5. The molecule has 0 spiro atoms. The Bertz CT molecular complexity index is 815. The lowest BCUT2D eigenvalue weighted by Crippen LogP contribution is -2.42. The molecule has 2 aromatic rings. The highest BCUT2D eigenvalue weighted by atomic mass is 32.2. The van der Waals surface area contributed by atoms with Gasteiger partial charge in [-0.1, -0.05) is 31.2 Å². The van der Waals surface area contributed by atoms with E-state index in [4.69, 9.17) is 0 Å². The molecule has 5 nitrogen and oxygen atoms in total. The molecule has 0 aliphatic heterocycles. The van der Waals surface area contributed by atoms with Gasteiger partial charge in [-0.05, 0) is 50.6 Å². The van der Waals surface area contributed by atoms with E-state index in [0.717, 1.165) is 6.42 Å². The van der Waals surface area contributed by atoms with Crippen molar-refractivity contribution >= 4 is 21.6 Å². The third-order valence-corrected chi connectivity index (χ3v) is 5.15. The van der Waals surface area contributed by atoms with Crippen LogP contribution in [-0.2, 0) is 10.0 Å². The molecule has 0 unspecified atom stereocenters. The Morgan fingerprint density at radius 3 is 2.33 bits per heavy atom. The molecule has 2 aromatic carbocycles. The molecule has 0 heterocycles. The quantitative estimate of drug-likeness (QED) is 0.842. The van der Waals surface area contributed by atoms with Gasteiger partial charge in [-0.2, -0.15) is 0 Å². The molecule has 0 aliphatic carbocycles. The summed E-state index contributed by atoms with van der Waals surface area (Å²) in [6.45, 7) is 5.82. The Labute approximate surface area is 143 Å². The summed E-state index contributed by atoms with van der Waals surface area (Å²) < 4.78 is 27.5. The summed E-state index contributed by atoms with van der Waals surface area (Å²) in [5.74, 6) is -0.293. The number of hydrogen-bond acceptors (Lipinski definition) is 3. The highest BCUT2D eigenvalue weighted by Gasteiger charge is 2.21. The third-order valence-electron chi connectivity index (χ3n) is 3.77.